The van der Waals surface area contributed by atoms with Crippen LogP contribution in [0.4, 0.5) is 0 Å². The molecule has 5 nitrogen and oxygen atoms in total. The van der Waals surface area contributed by atoms with E-state index in [0.29, 0.717) is 12.3 Å². The van der Waals surface area contributed by atoms with E-state index >= 15 is 0 Å². The first-order valence-corrected chi connectivity index (χ1v) is 5.52. The zero-order valence-corrected chi connectivity index (χ0v) is 8.59. The highest BCUT2D eigenvalue weighted by Gasteiger charge is 2.26. The summed E-state index contributed by atoms with van der Waals surface area (Å²) in [5.74, 6) is 2.19. The molecule has 3 rings (SSSR count). The van der Waals surface area contributed by atoms with Crippen molar-refractivity contribution in [3.8, 4) is 0 Å². The molecule has 1 fully saturated rings. The molecule has 0 spiro atoms. The summed E-state index contributed by atoms with van der Waals surface area (Å²) in [6.45, 7) is 2.35. The average molecular weight is 209 g/mol. The van der Waals surface area contributed by atoms with Gasteiger partial charge in [-0.25, -0.2) is 9.67 Å². The van der Waals surface area contributed by atoms with Crippen molar-refractivity contribution in [2.75, 3.05) is 13.2 Å². The van der Waals surface area contributed by atoms with Crippen LogP contribution in [0, 0.1) is 0 Å². The molecule has 0 saturated carbocycles. The molecule has 1 aromatic rings. The van der Waals surface area contributed by atoms with E-state index in [1.54, 1.807) is 0 Å². The Morgan fingerprint density at radius 3 is 3.13 bits per heavy atom. The van der Waals surface area contributed by atoms with Gasteiger partial charge in [0.2, 0.25) is 0 Å². The highest BCUT2D eigenvalue weighted by molar-refractivity contribution is 5.03. The van der Waals surface area contributed by atoms with Gasteiger partial charge in [0.05, 0.1) is 12.7 Å². The largest absolute Gasteiger partial charge is 0.393 e. The van der Waals surface area contributed by atoms with Crippen LogP contribution in [0.5, 0.6) is 0 Å². The Hall–Kier alpha value is -0.940. The summed E-state index contributed by atoms with van der Waals surface area (Å²) in [5.41, 5.74) is 0. The number of aliphatic hydroxyl groups is 1. The predicted molar refractivity (Wildman–Crippen MR) is 52.5 cm³/mol. The monoisotopic (exact) mass is 209 g/mol. The van der Waals surface area contributed by atoms with Gasteiger partial charge in [-0.2, -0.15) is 5.10 Å². The molecule has 2 aliphatic rings. The van der Waals surface area contributed by atoms with Crippen LogP contribution in [-0.2, 0) is 17.7 Å². The fourth-order valence-corrected chi connectivity index (χ4v) is 2.22. The molecule has 0 amide bonds. The Bertz CT molecular complexity index is 358. The van der Waals surface area contributed by atoms with Crippen molar-refractivity contribution in [3.05, 3.63) is 11.6 Å². The smallest absolute Gasteiger partial charge is 0.156 e. The van der Waals surface area contributed by atoms with Crippen LogP contribution in [0.1, 0.15) is 30.4 Å². The first kappa shape index (κ1) is 9.30. The number of rotatable bonds is 1. The number of aromatic nitrogens is 3. The summed E-state index contributed by atoms with van der Waals surface area (Å²) in [7, 11) is 0. The molecule has 5 heteroatoms. The van der Waals surface area contributed by atoms with Crippen molar-refractivity contribution in [1.29, 1.82) is 0 Å². The average Bonchev–Trinajstić information content (AvgIpc) is 2.84. The van der Waals surface area contributed by atoms with Gasteiger partial charge < -0.3 is 9.84 Å². The van der Waals surface area contributed by atoms with Gasteiger partial charge >= 0.3 is 0 Å². The lowest BCUT2D eigenvalue weighted by atomic mass is 10.1. The number of hydrogen-bond acceptors (Lipinski definition) is 4. The second-order valence-electron chi connectivity index (χ2n) is 4.32. The number of nitrogens with zero attached hydrogens (tertiary/aromatic N) is 3. The van der Waals surface area contributed by atoms with Crippen LogP contribution >= 0.6 is 0 Å². The van der Waals surface area contributed by atoms with Crippen molar-refractivity contribution in [2.24, 2.45) is 0 Å². The minimum atomic E-state index is -0.241. The maximum absolute atomic E-state index is 9.52. The third-order valence-electron chi connectivity index (χ3n) is 3.15. The van der Waals surface area contributed by atoms with E-state index in [1.807, 2.05) is 4.68 Å². The van der Waals surface area contributed by atoms with Crippen molar-refractivity contribution >= 4 is 0 Å². The van der Waals surface area contributed by atoms with Gasteiger partial charge in [-0.3, -0.25) is 0 Å². The number of hydrogen-bond donors (Lipinski definition) is 1. The van der Waals surface area contributed by atoms with Crippen LogP contribution in [-0.4, -0.2) is 39.2 Å². The standard InChI is InChI=1S/C10H15N3O2/c14-8-1-3-13-9(5-8)11-10(12-13)7-2-4-15-6-7/h7-8,14H,1-6H2. The molecule has 0 bridgehead atoms. The maximum Gasteiger partial charge on any atom is 0.156 e. The molecular weight excluding hydrogens is 194 g/mol. The first-order valence-electron chi connectivity index (χ1n) is 5.52. The van der Waals surface area contributed by atoms with Crippen LogP contribution in [0.15, 0.2) is 0 Å². The Labute approximate surface area is 88.1 Å². The van der Waals surface area contributed by atoms with E-state index in [9.17, 15) is 5.11 Å². The minimum Gasteiger partial charge on any atom is -0.393 e. The topological polar surface area (TPSA) is 60.2 Å². The minimum absolute atomic E-state index is 0.241. The number of fused-ring (bicyclic) bond motifs is 1. The van der Waals surface area contributed by atoms with Gasteiger partial charge in [0.1, 0.15) is 5.82 Å². The second-order valence-corrected chi connectivity index (χ2v) is 4.32. The molecule has 0 radical (unpaired) electrons. The van der Waals surface area contributed by atoms with Gasteiger partial charge in [0.15, 0.2) is 5.82 Å². The zero-order valence-electron chi connectivity index (χ0n) is 8.59. The Kier molecular flexibility index (Phi) is 2.21. The van der Waals surface area contributed by atoms with Crippen molar-refractivity contribution < 1.29 is 9.84 Å². The molecule has 3 heterocycles. The number of ether oxygens (including phenoxy) is 1. The van der Waals surface area contributed by atoms with Crippen molar-refractivity contribution in [1.82, 2.24) is 14.8 Å². The quantitative estimate of drug-likeness (QED) is 0.712. The number of aliphatic hydroxyl groups excluding tert-OH is 1. The highest BCUT2D eigenvalue weighted by atomic mass is 16.5. The maximum atomic E-state index is 9.52. The van der Waals surface area contributed by atoms with E-state index in [0.717, 1.165) is 44.2 Å². The van der Waals surface area contributed by atoms with Crippen LogP contribution in [0.3, 0.4) is 0 Å². The zero-order chi connectivity index (χ0) is 10.3. The summed E-state index contributed by atoms with van der Waals surface area (Å²) < 4.78 is 7.26. The lowest BCUT2D eigenvalue weighted by Gasteiger charge is -2.16. The van der Waals surface area contributed by atoms with E-state index in [-0.39, 0.29) is 6.10 Å². The summed E-state index contributed by atoms with van der Waals surface area (Å²) in [5, 5.41) is 14.0. The van der Waals surface area contributed by atoms with Gasteiger partial charge in [-0.1, -0.05) is 0 Å². The lowest BCUT2D eigenvalue weighted by Crippen LogP contribution is -2.23. The van der Waals surface area contributed by atoms with Crippen LogP contribution < -0.4 is 0 Å². The Morgan fingerprint density at radius 2 is 2.33 bits per heavy atom. The molecule has 1 saturated heterocycles. The van der Waals surface area contributed by atoms with E-state index in [4.69, 9.17) is 4.74 Å². The molecule has 0 aliphatic carbocycles. The normalized spacial score (nSPS) is 30.5. The Balaban J connectivity index is 1.85. The van der Waals surface area contributed by atoms with E-state index < -0.39 is 0 Å². The summed E-state index contributed by atoms with van der Waals surface area (Å²) in [4.78, 5) is 4.50. The van der Waals surface area contributed by atoms with Crippen molar-refractivity contribution in [2.45, 2.75) is 37.8 Å². The van der Waals surface area contributed by atoms with Gasteiger partial charge in [-0.15, -0.1) is 0 Å². The second kappa shape index (κ2) is 3.57. The fourth-order valence-electron chi connectivity index (χ4n) is 2.22. The lowest BCUT2D eigenvalue weighted by molar-refractivity contribution is 0.138. The van der Waals surface area contributed by atoms with E-state index in [2.05, 4.69) is 10.1 Å². The van der Waals surface area contributed by atoms with Crippen molar-refractivity contribution in [3.63, 3.8) is 0 Å². The molecule has 1 N–H and O–H groups in total. The highest BCUT2D eigenvalue weighted by Crippen LogP contribution is 2.24. The SMILES string of the molecule is OC1CCn2nc(C3CCOC3)nc2C1. The molecule has 2 aliphatic heterocycles. The molecule has 82 valence electrons. The molecular formula is C10H15N3O2. The predicted octanol–water partition coefficient (Wildman–Crippen LogP) is 0.0891. The molecule has 1 aromatic heterocycles. The van der Waals surface area contributed by atoms with Crippen LogP contribution in [0.2, 0.25) is 0 Å². The third kappa shape index (κ3) is 1.66. The van der Waals surface area contributed by atoms with Gasteiger partial charge in [0, 0.05) is 25.5 Å². The molecule has 2 unspecified atom stereocenters. The fraction of sp³-hybridized carbons (Fsp3) is 0.800. The summed E-state index contributed by atoms with van der Waals surface area (Å²) in [6.07, 6.45) is 2.21. The Morgan fingerprint density at radius 1 is 1.40 bits per heavy atom. The molecule has 2 atom stereocenters. The molecule has 0 aromatic carbocycles. The first-order chi connectivity index (χ1) is 7.33. The van der Waals surface area contributed by atoms with Gasteiger partial charge in [0.25, 0.3) is 0 Å². The third-order valence-corrected chi connectivity index (χ3v) is 3.15. The molecule has 15 heavy (non-hydrogen) atoms. The van der Waals surface area contributed by atoms with Gasteiger partial charge in [-0.05, 0) is 12.8 Å². The van der Waals surface area contributed by atoms with E-state index in [1.165, 1.54) is 0 Å². The van der Waals surface area contributed by atoms with Crippen LogP contribution in [0.25, 0.3) is 0 Å². The number of aryl methyl sites for hydroxylation is 1. The summed E-state index contributed by atoms with van der Waals surface area (Å²) in [6, 6.07) is 0. The summed E-state index contributed by atoms with van der Waals surface area (Å²) >= 11 is 0.